The fourth-order valence-corrected chi connectivity index (χ4v) is 5.10. The number of benzene rings is 1. The smallest absolute Gasteiger partial charge is 0.251 e. The molecule has 1 N–H and O–H groups in total. The number of carbonyl (C=O) groups excluding carboxylic acids is 1. The maximum absolute atomic E-state index is 12.5. The van der Waals surface area contributed by atoms with E-state index in [-0.39, 0.29) is 11.9 Å². The average molecular weight is 391 g/mol. The van der Waals surface area contributed by atoms with Gasteiger partial charge in [-0.2, -0.15) is 5.10 Å². The molecule has 1 unspecified atom stereocenters. The average Bonchev–Trinajstić information content (AvgIpc) is 3.03. The third-order valence-electron chi connectivity index (χ3n) is 5.17. The van der Waals surface area contributed by atoms with Crippen molar-refractivity contribution in [2.24, 2.45) is 7.05 Å². The number of nitrogens with zero attached hydrogens (tertiary/aromatic N) is 3. The van der Waals surface area contributed by atoms with E-state index in [0.717, 1.165) is 28.9 Å². The Morgan fingerprint density at radius 1 is 1.33 bits per heavy atom. The molecular formula is C19H26N4O3S. The van der Waals surface area contributed by atoms with Gasteiger partial charge in [0.15, 0.2) is 0 Å². The van der Waals surface area contributed by atoms with Gasteiger partial charge in [-0.15, -0.1) is 0 Å². The van der Waals surface area contributed by atoms with Gasteiger partial charge in [0.05, 0.1) is 17.6 Å². The Balaban J connectivity index is 1.69. The molecule has 27 heavy (non-hydrogen) atoms. The van der Waals surface area contributed by atoms with Crippen LogP contribution in [0.15, 0.2) is 18.2 Å². The number of rotatable bonds is 5. The van der Waals surface area contributed by atoms with Crippen molar-refractivity contribution in [1.82, 2.24) is 15.1 Å². The summed E-state index contributed by atoms with van der Waals surface area (Å²) in [5.74, 6) is -0.151. The molecule has 0 saturated carbocycles. The molecule has 1 aliphatic heterocycles. The topological polar surface area (TPSA) is 84.3 Å². The van der Waals surface area contributed by atoms with Crippen molar-refractivity contribution < 1.29 is 13.2 Å². The summed E-state index contributed by atoms with van der Waals surface area (Å²) >= 11 is 0. The van der Waals surface area contributed by atoms with E-state index < -0.39 is 10.0 Å². The lowest BCUT2D eigenvalue weighted by Gasteiger charge is -2.21. The predicted octanol–water partition coefficient (Wildman–Crippen LogP) is 1.72. The third kappa shape index (κ3) is 3.71. The van der Waals surface area contributed by atoms with Crippen molar-refractivity contribution in [3.63, 3.8) is 0 Å². The van der Waals surface area contributed by atoms with Crippen molar-refractivity contribution >= 4 is 21.6 Å². The minimum absolute atomic E-state index is 0.134. The van der Waals surface area contributed by atoms with Crippen LogP contribution in [0, 0.1) is 13.8 Å². The van der Waals surface area contributed by atoms with Gasteiger partial charge in [-0.05, 0) is 62.9 Å². The minimum Gasteiger partial charge on any atom is -0.352 e. The van der Waals surface area contributed by atoms with Crippen molar-refractivity contribution in [3.05, 3.63) is 46.3 Å². The largest absolute Gasteiger partial charge is 0.352 e. The summed E-state index contributed by atoms with van der Waals surface area (Å²) in [5, 5.41) is 7.34. The zero-order valence-corrected chi connectivity index (χ0v) is 17.2. The van der Waals surface area contributed by atoms with E-state index in [0.29, 0.717) is 24.2 Å². The lowest BCUT2D eigenvalue weighted by Crippen LogP contribution is -2.34. The Morgan fingerprint density at radius 2 is 2.04 bits per heavy atom. The zero-order chi connectivity index (χ0) is 19.9. The molecule has 1 aromatic carbocycles. The van der Waals surface area contributed by atoms with Gasteiger partial charge in [0.1, 0.15) is 0 Å². The maximum atomic E-state index is 12.5. The standard InChI is InChI=1S/C19H26N4O3S/c1-12-10-16-11-15(6-7-18(16)23(12)27(5,25)26)19(24)20-9-8-17-13(2)21-22(4)14(17)3/h6-7,11-12H,8-10H2,1-5H3,(H,20,24). The minimum atomic E-state index is -3.32. The second-order valence-corrected chi connectivity index (χ2v) is 9.09. The number of aromatic nitrogens is 2. The van der Waals surface area contributed by atoms with Gasteiger partial charge in [-0.1, -0.05) is 0 Å². The highest BCUT2D eigenvalue weighted by molar-refractivity contribution is 7.92. The Kier molecular flexibility index (Phi) is 5.03. The second-order valence-electron chi connectivity index (χ2n) is 7.23. The summed E-state index contributed by atoms with van der Waals surface area (Å²) < 4.78 is 27.3. The van der Waals surface area contributed by atoms with Crippen LogP contribution in [0.4, 0.5) is 5.69 Å². The molecule has 0 spiro atoms. The zero-order valence-electron chi connectivity index (χ0n) is 16.4. The molecule has 0 bridgehead atoms. The molecule has 0 radical (unpaired) electrons. The second kappa shape index (κ2) is 6.99. The monoisotopic (exact) mass is 390 g/mol. The van der Waals surface area contributed by atoms with E-state index in [1.807, 2.05) is 32.5 Å². The van der Waals surface area contributed by atoms with Crippen LogP contribution in [0.5, 0.6) is 0 Å². The summed E-state index contributed by atoms with van der Waals surface area (Å²) in [5.41, 5.74) is 5.36. The number of nitrogens with one attached hydrogen (secondary N) is 1. The molecule has 2 aromatic rings. The molecule has 1 amide bonds. The number of carbonyl (C=O) groups is 1. The lowest BCUT2D eigenvalue weighted by atomic mass is 10.1. The van der Waals surface area contributed by atoms with Gasteiger partial charge >= 0.3 is 0 Å². The van der Waals surface area contributed by atoms with Crippen molar-refractivity contribution in [2.45, 2.75) is 39.7 Å². The van der Waals surface area contributed by atoms with Crippen LogP contribution in [-0.4, -0.2) is 42.9 Å². The van der Waals surface area contributed by atoms with Crippen molar-refractivity contribution in [2.75, 3.05) is 17.1 Å². The number of aryl methyl sites for hydroxylation is 2. The molecule has 0 saturated heterocycles. The van der Waals surface area contributed by atoms with E-state index in [1.165, 1.54) is 10.6 Å². The molecule has 3 rings (SSSR count). The third-order valence-corrected chi connectivity index (χ3v) is 6.44. The Labute approximate surface area is 160 Å². The molecule has 7 nitrogen and oxygen atoms in total. The summed E-state index contributed by atoms with van der Waals surface area (Å²) in [7, 11) is -1.41. The first-order valence-electron chi connectivity index (χ1n) is 8.99. The van der Waals surface area contributed by atoms with Gasteiger partial charge in [0, 0.05) is 30.9 Å². The SMILES string of the molecule is Cc1nn(C)c(C)c1CCNC(=O)c1ccc2c(c1)CC(C)N2S(C)(=O)=O. The van der Waals surface area contributed by atoms with E-state index in [9.17, 15) is 13.2 Å². The number of fused-ring (bicyclic) bond motifs is 1. The van der Waals surface area contributed by atoms with Gasteiger partial charge in [-0.3, -0.25) is 13.8 Å². The normalized spacial score (nSPS) is 16.5. The first-order chi connectivity index (χ1) is 12.6. The van der Waals surface area contributed by atoms with Crippen LogP contribution in [-0.2, 0) is 29.9 Å². The fraction of sp³-hybridized carbons (Fsp3) is 0.474. The summed E-state index contributed by atoms with van der Waals surface area (Å²) in [6, 6.07) is 5.08. The summed E-state index contributed by atoms with van der Waals surface area (Å²) in [6.45, 7) is 6.39. The van der Waals surface area contributed by atoms with Gasteiger partial charge in [-0.25, -0.2) is 8.42 Å². The van der Waals surface area contributed by atoms with Crippen LogP contribution in [0.3, 0.4) is 0 Å². The first-order valence-corrected chi connectivity index (χ1v) is 10.8. The number of hydrogen-bond donors (Lipinski definition) is 1. The Hall–Kier alpha value is -2.35. The molecule has 1 atom stereocenters. The number of amides is 1. The van der Waals surface area contributed by atoms with E-state index in [1.54, 1.807) is 18.2 Å². The van der Waals surface area contributed by atoms with Gasteiger partial charge < -0.3 is 5.32 Å². The Morgan fingerprint density at radius 3 is 2.63 bits per heavy atom. The van der Waals surface area contributed by atoms with Crippen molar-refractivity contribution in [3.8, 4) is 0 Å². The highest BCUT2D eigenvalue weighted by Crippen LogP contribution is 2.34. The van der Waals surface area contributed by atoms with Gasteiger partial charge in [0.2, 0.25) is 10.0 Å². The van der Waals surface area contributed by atoms with E-state index in [4.69, 9.17) is 0 Å². The van der Waals surface area contributed by atoms with Crippen LogP contribution in [0.1, 0.15) is 39.8 Å². The highest BCUT2D eigenvalue weighted by atomic mass is 32.2. The molecule has 1 aliphatic rings. The molecule has 1 aromatic heterocycles. The van der Waals surface area contributed by atoms with E-state index in [2.05, 4.69) is 10.4 Å². The van der Waals surface area contributed by atoms with Crippen LogP contribution in [0.25, 0.3) is 0 Å². The molecule has 2 heterocycles. The predicted molar refractivity (Wildman–Crippen MR) is 106 cm³/mol. The summed E-state index contributed by atoms with van der Waals surface area (Å²) in [6.07, 6.45) is 2.54. The summed E-state index contributed by atoms with van der Waals surface area (Å²) in [4.78, 5) is 12.5. The quantitative estimate of drug-likeness (QED) is 0.843. The molecule has 0 aliphatic carbocycles. The lowest BCUT2D eigenvalue weighted by molar-refractivity contribution is 0.0954. The van der Waals surface area contributed by atoms with Crippen LogP contribution >= 0.6 is 0 Å². The van der Waals surface area contributed by atoms with Crippen molar-refractivity contribution in [1.29, 1.82) is 0 Å². The molecule has 0 fully saturated rings. The van der Waals surface area contributed by atoms with Crippen LogP contribution in [0.2, 0.25) is 0 Å². The molecular weight excluding hydrogens is 364 g/mol. The molecule has 8 heteroatoms. The highest BCUT2D eigenvalue weighted by Gasteiger charge is 2.32. The fourth-order valence-electron chi connectivity index (χ4n) is 3.83. The number of hydrogen-bond acceptors (Lipinski definition) is 4. The van der Waals surface area contributed by atoms with E-state index >= 15 is 0 Å². The maximum Gasteiger partial charge on any atom is 0.251 e. The first kappa shape index (κ1) is 19.4. The number of sulfonamides is 1. The van der Waals surface area contributed by atoms with Crippen LogP contribution < -0.4 is 9.62 Å². The van der Waals surface area contributed by atoms with Gasteiger partial charge in [0.25, 0.3) is 5.91 Å². The Bertz CT molecular complexity index is 995. The molecule has 146 valence electrons. The number of anilines is 1.